The van der Waals surface area contributed by atoms with E-state index < -0.39 is 128 Å². The van der Waals surface area contributed by atoms with Crippen LogP contribution in [0.4, 0.5) is 14.4 Å². The van der Waals surface area contributed by atoms with Gasteiger partial charge >= 0.3 is 24.4 Å². The molecule has 2 aromatic carbocycles. The lowest BCUT2D eigenvalue weighted by atomic mass is 9.66. The second kappa shape index (κ2) is 20.9. The zero-order valence-electron chi connectivity index (χ0n) is 33.4. The Balaban J connectivity index is 1.42. The molecule has 3 aliphatic heterocycles. The van der Waals surface area contributed by atoms with Crippen molar-refractivity contribution in [3.8, 4) is 28.7 Å². The van der Waals surface area contributed by atoms with Gasteiger partial charge in [-0.25, -0.2) is 14.4 Å². The summed E-state index contributed by atoms with van der Waals surface area (Å²) in [5.41, 5.74) is 0.646. The lowest BCUT2D eigenvalue weighted by Gasteiger charge is -2.49. The molecular formula is C37H35Cl9O19. The number of methoxy groups -OCH3 is 2. The predicted octanol–water partition coefficient (Wildman–Crippen LogP) is 8.26. The first-order valence-electron chi connectivity index (χ1n) is 18.6. The van der Waals surface area contributed by atoms with Gasteiger partial charge in [0.05, 0.1) is 39.5 Å². The van der Waals surface area contributed by atoms with Crippen LogP contribution in [0.1, 0.15) is 35.6 Å². The normalized spacial score (nSPS) is 27.5. The number of benzene rings is 2. The van der Waals surface area contributed by atoms with Crippen LogP contribution < -0.4 is 14.2 Å². The van der Waals surface area contributed by atoms with Gasteiger partial charge in [-0.15, -0.1) is 0 Å². The second-order valence-electron chi connectivity index (χ2n) is 14.4. The van der Waals surface area contributed by atoms with E-state index in [1.807, 2.05) is 0 Å². The van der Waals surface area contributed by atoms with Gasteiger partial charge in [0, 0.05) is 11.8 Å². The van der Waals surface area contributed by atoms with E-state index in [0.29, 0.717) is 5.56 Å². The minimum absolute atomic E-state index is 0.0903. The van der Waals surface area contributed by atoms with Crippen LogP contribution in [0.15, 0.2) is 24.3 Å². The highest BCUT2D eigenvalue weighted by atomic mass is 35.6. The molecule has 0 amide bonds. The average molecular weight is 1100 g/mol. The number of hydrogen-bond acceptors (Lipinski definition) is 19. The van der Waals surface area contributed by atoms with Crippen molar-refractivity contribution in [2.45, 2.75) is 67.3 Å². The fourth-order valence-corrected chi connectivity index (χ4v) is 8.00. The summed E-state index contributed by atoms with van der Waals surface area (Å²) in [5.74, 6) is -5.52. The molecule has 0 bridgehead atoms. The summed E-state index contributed by atoms with van der Waals surface area (Å²) in [6, 6.07) is 5.23. The van der Waals surface area contributed by atoms with Crippen molar-refractivity contribution in [1.82, 2.24) is 0 Å². The first-order valence-corrected chi connectivity index (χ1v) is 22.0. The summed E-state index contributed by atoms with van der Waals surface area (Å²) in [6.07, 6.45) is -14.0. The third-order valence-corrected chi connectivity index (χ3v) is 11.0. The maximum Gasteiger partial charge on any atom is 0.514 e. The third kappa shape index (κ3) is 12.9. The Hall–Kier alpha value is -2.63. The predicted molar refractivity (Wildman–Crippen MR) is 227 cm³/mol. The molecule has 3 heterocycles. The molecule has 6 rings (SSSR count). The number of phenols is 2. The highest BCUT2D eigenvalue weighted by Crippen LogP contribution is 2.57. The molecule has 28 heteroatoms. The molecule has 2 aromatic rings. The number of alkyl halides is 9. The average Bonchev–Trinajstić information content (AvgIpc) is 3.60. The summed E-state index contributed by atoms with van der Waals surface area (Å²) in [5, 5.41) is 21.9. The summed E-state index contributed by atoms with van der Waals surface area (Å²) < 4.78 is 66.8. The zero-order valence-corrected chi connectivity index (χ0v) is 40.2. The van der Waals surface area contributed by atoms with Crippen LogP contribution in [-0.4, -0.2) is 130 Å². The number of fused-ring (bicyclic) bond motifs is 3. The van der Waals surface area contributed by atoms with Crippen LogP contribution in [0, 0.1) is 11.8 Å². The van der Waals surface area contributed by atoms with E-state index >= 15 is 0 Å². The minimum atomic E-state index is -2.08. The first-order chi connectivity index (χ1) is 30.4. The fourth-order valence-electron chi connectivity index (χ4n) is 7.51. The number of halogens is 9. The largest absolute Gasteiger partial charge is 0.514 e. The van der Waals surface area contributed by atoms with Crippen molar-refractivity contribution in [2.75, 3.05) is 47.3 Å². The number of cyclic esters (lactones) is 1. The topological polar surface area (TPSA) is 229 Å². The molecule has 4 aliphatic rings. The summed E-state index contributed by atoms with van der Waals surface area (Å²) >= 11 is 51.8. The first kappa shape index (κ1) is 51.8. The molecule has 0 aromatic heterocycles. The Morgan fingerprint density at radius 3 is 1.78 bits per heavy atom. The molecule has 2 N–H and O–H groups in total. The van der Waals surface area contributed by atoms with E-state index in [1.165, 1.54) is 45.4 Å². The van der Waals surface area contributed by atoms with Crippen molar-refractivity contribution < 1.29 is 91.0 Å². The molecule has 0 unspecified atom stereocenters. The molecule has 0 radical (unpaired) electrons. The minimum Gasteiger partial charge on any atom is -0.504 e. The van der Waals surface area contributed by atoms with Gasteiger partial charge in [-0.1, -0.05) is 104 Å². The number of phenolic OH excluding ortho intramolecular Hbond substituents is 2. The molecule has 0 saturated carbocycles. The summed E-state index contributed by atoms with van der Waals surface area (Å²) in [6.45, 7) is -1.17. The number of aromatic hydroxyl groups is 2. The number of ether oxygens (including phenoxy) is 13. The van der Waals surface area contributed by atoms with Crippen LogP contribution in [0.5, 0.6) is 28.7 Å². The van der Waals surface area contributed by atoms with E-state index in [9.17, 15) is 29.4 Å². The lowest BCUT2D eigenvalue weighted by Crippen LogP contribution is -2.65. The molecule has 65 heavy (non-hydrogen) atoms. The maximum atomic E-state index is 13.9. The van der Waals surface area contributed by atoms with Crippen molar-refractivity contribution in [3.05, 3.63) is 41.0 Å². The lowest BCUT2D eigenvalue weighted by molar-refractivity contribution is -0.364. The van der Waals surface area contributed by atoms with E-state index in [0.717, 1.165) is 0 Å². The molecule has 19 nitrogen and oxygen atoms in total. The molecule has 3 fully saturated rings. The highest BCUT2D eigenvalue weighted by Gasteiger charge is 2.58. The number of rotatable bonds is 11. The Bertz CT molecular complexity index is 2070. The van der Waals surface area contributed by atoms with E-state index in [2.05, 4.69) is 0 Å². The van der Waals surface area contributed by atoms with Crippen LogP contribution in [0.2, 0.25) is 0 Å². The number of esters is 1. The van der Waals surface area contributed by atoms with Gasteiger partial charge in [-0.05, 0) is 47.9 Å². The van der Waals surface area contributed by atoms with Crippen LogP contribution in [0.3, 0.4) is 0 Å². The Kier molecular flexibility index (Phi) is 16.7. The number of hydrogen-bond donors (Lipinski definition) is 2. The smallest absolute Gasteiger partial charge is 0.504 e. The van der Waals surface area contributed by atoms with Gasteiger partial charge in [0.25, 0.3) is 0 Å². The quantitative estimate of drug-likeness (QED) is 0.0709. The van der Waals surface area contributed by atoms with Crippen LogP contribution in [0.25, 0.3) is 0 Å². The Labute approximate surface area is 413 Å². The molecule has 3 saturated heterocycles. The van der Waals surface area contributed by atoms with Gasteiger partial charge in [-0.3, -0.25) is 4.79 Å². The van der Waals surface area contributed by atoms with Crippen molar-refractivity contribution >= 4 is 129 Å². The second-order valence-corrected chi connectivity index (χ2v) is 21.9. The fraction of sp³-hybridized carbons (Fsp3) is 0.568. The van der Waals surface area contributed by atoms with Crippen LogP contribution in [-0.2, 0) is 52.2 Å². The highest BCUT2D eigenvalue weighted by molar-refractivity contribution is 6.68. The SMILES string of the molecule is COc1cc([C@@H]2c3cc(O)c(O)cc3[C@@H](O[C@@H]3O[C@@H]4CO[C@@H](C)O[C@H]4[C@H](OC(=O)OCC(Cl)(Cl)Cl)[C@H]3OC(=O)OCC(Cl)(Cl)Cl)[C@H]3COC(=O)[C@H]23)cc(OC)c1OC(=O)OCC(Cl)(Cl)Cl. The van der Waals surface area contributed by atoms with Gasteiger partial charge in [-0.2, -0.15) is 0 Å². The summed E-state index contributed by atoms with van der Waals surface area (Å²) in [4.78, 5) is 52.9. The number of carbonyl (C=O) groups excluding carboxylic acids is 4. The molecule has 0 spiro atoms. The van der Waals surface area contributed by atoms with Gasteiger partial charge in [0.2, 0.25) is 17.1 Å². The molecule has 360 valence electrons. The van der Waals surface area contributed by atoms with Gasteiger partial charge in [0.1, 0.15) is 32.0 Å². The van der Waals surface area contributed by atoms with Crippen molar-refractivity contribution in [1.29, 1.82) is 0 Å². The van der Waals surface area contributed by atoms with Gasteiger partial charge in [0.15, 0.2) is 47.8 Å². The maximum absolute atomic E-state index is 13.9. The van der Waals surface area contributed by atoms with E-state index in [1.54, 1.807) is 0 Å². The van der Waals surface area contributed by atoms with Gasteiger partial charge < -0.3 is 71.8 Å². The molecular weight excluding hydrogens is 1070 g/mol. The van der Waals surface area contributed by atoms with E-state index in [4.69, 9.17) is 166 Å². The summed E-state index contributed by atoms with van der Waals surface area (Å²) in [7, 11) is 2.52. The molecule has 10 atom stereocenters. The molecule has 1 aliphatic carbocycles. The Morgan fingerprint density at radius 2 is 1.25 bits per heavy atom. The van der Waals surface area contributed by atoms with Crippen molar-refractivity contribution in [2.24, 2.45) is 11.8 Å². The standard InChI is InChI=1S/C37H35Cl9O19/c1-13-55-9-22-27(60-13)28(64-33(51)58-11-36(41,42)43)29(65-34(52)59-12-37(44,45)46)31(61-22)62-25-16-7-19(48)18(47)6-15(16)23(24-17(25)8-56-30(24)49)14-4-20(53-2)26(21(5-14)54-3)63-32(50)57-10-35(38,39)40/h4-7,13,17,22-25,27-29,31,47-48H,8-12H2,1-3H3/t13-,17+,22-,23-,24+,25-,27-,28+,29-,31+/m1/s1. The number of carbonyl (C=O) groups is 4. The monoisotopic (exact) mass is 1100 g/mol. The van der Waals surface area contributed by atoms with Crippen LogP contribution >= 0.6 is 104 Å². The zero-order chi connectivity index (χ0) is 47.8. The van der Waals surface area contributed by atoms with E-state index in [-0.39, 0.29) is 41.6 Å². The Morgan fingerprint density at radius 1 is 0.723 bits per heavy atom. The van der Waals surface area contributed by atoms with Crippen molar-refractivity contribution in [3.63, 3.8) is 0 Å². The third-order valence-electron chi connectivity index (χ3n) is 9.99.